The minimum Gasteiger partial charge on any atom is -0.448 e. The summed E-state index contributed by atoms with van der Waals surface area (Å²) in [5, 5.41) is 2.39. The van der Waals surface area contributed by atoms with E-state index in [-0.39, 0.29) is 11.6 Å². The highest BCUT2D eigenvalue weighted by Gasteiger charge is 2.25. The lowest BCUT2D eigenvalue weighted by Crippen LogP contribution is -2.40. The second kappa shape index (κ2) is 8.60. The van der Waals surface area contributed by atoms with Crippen molar-refractivity contribution in [2.45, 2.75) is 20.0 Å². The molecule has 0 aliphatic rings. The number of benzene rings is 2. The molecule has 1 atom stereocenters. The van der Waals surface area contributed by atoms with Crippen LogP contribution in [0.5, 0.6) is 0 Å². The molecule has 0 aliphatic carbocycles. The van der Waals surface area contributed by atoms with Crippen molar-refractivity contribution in [2.75, 3.05) is 11.4 Å². The van der Waals surface area contributed by atoms with Crippen LogP contribution < -0.4 is 4.90 Å². The Morgan fingerprint density at radius 3 is 2.33 bits per heavy atom. The summed E-state index contributed by atoms with van der Waals surface area (Å²) in [6.07, 6.45) is -0.903. The summed E-state index contributed by atoms with van der Waals surface area (Å²) >= 11 is 1.37. The van der Waals surface area contributed by atoms with Gasteiger partial charge in [-0.3, -0.25) is 4.79 Å². The number of carbonyl (C=O) groups is 2. The lowest BCUT2D eigenvalue weighted by atomic mass is 10.2. The predicted molar refractivity (Wildman–Crippen MR) is 107 cm³/mol. The molecule has 1 aromatic heterocycles. The highest BCUT2D eigenvalue weighted by atomic mass is 32.1. The molecule has 0 N–H and O–H groups in total. The molecular formula is C21H20N2O3S. The van der Waals surface area contributed by atoms with E-state index >= 15 is 0 Å². The molecular weight excluding hydrogens is 360 g/mol. The number of likely N-dealkylation sites (N-methyl/N-ethyl adjacent to an activating group) is 1. The molecule has 27 heavy (non-hydrogen) atoms. The number of hydrogen-bond donors (Lipinski definition) is 0. The van der Waals surface area contributed by atoms with Gasteiger partial charge in [0.1, 0.15) is 5.01 Å². The van der Waals surface area contributed by atoms with Gasteiger partial charge in [0.2, 0.25) is 0 Å². The third-order valence-electron chi connectivity index (χ3n) is 4.02. The van der Waals surface area contributed by atoms with Gasteiger partial charge in [-0.05, 0) is 26.0 Å². The van der Waals surface area contributed by atoms with Gasteiger partial charge in [0.15, 0.2) is 11.8 Å². The number of amides is 1. The van der Waals surface area contributed by atoms with Gasteiger partial charge in [0.25, 0.3) is 5.91 Å². The SMILES string of the molecule is CCN(C(=O)C(C)OC(=O)c1csc(-c2ccccc2)n1)c1ccccc1. The van der Waals surface area contributed by atoms with E-state index < -0.39 is 12.1 Å². The van der Waals surface area contributed by atoms with Crippen LogP contribution in [0.2, 0.25) is 0 Å². The van der Waals surface area contributed by atoms with Crippen LogP contribution in [0.4, 0.5) is 5.69 Å². The predicted octanol–water partition coefficient (Wildman–Crippen LogP) is 4.41. The van der Waals surface area contributed by atoms with E-state index in [9.17, 15) is 9.59 Å². The zero-order chi connectivity index (χ0) is 19.2. The van der Waals surface area contributed by atoms with Crippen molar-refractivity contribution in [2.24, 2.45) is 0 Å². The third-order valence-corrected chi connectivity index (χ3v) is 4.91. The number of rotatable bonds is 6. The minimum absolute atomic E-state index is 0.210. The smallest absolute Gasteiger partial charge is 0.358 e. The van der Waals surface area contributed by atoms with Crippen LogP contribution in [-0.2, 0) is 9.53 Å². The highest BCUT2D eigenvalue weighted by Crippen LogP contribution is 2.24. The molecule has 0 aliphatic heterocycles. The van der Waals surface area contributed by atoms with Crippen molar-refractivity contribution >= 4 is 28.9 Å². The standard InChI is InChI=1S/C21H20N2O3S/c1-3-23(17-12-8-5-9-13-17)20(24)15(2)26-21(25)18-14-27-19(22-18)16-10-6-4-7-11-16/h4-15H,3H2,1-2H3. The van der Waals surface area contributed by atoms with Crippen molar-refractivity contribution < 1.29 is 14.3 Å². The van der Waals surface area contributed by atoms with Gasteiger partial charge in [-0.2, -0.15) is 0 Å². The molecule has 0 saturated carbocycles. The molecule has 3 rings (SSSR count). The van der Waals surface area contributed by atoms with E-state index in [0.29, 0.717) is 6.54 Å². The first-order valence-electron chi connectivity index (χ1n) is 8.68. The Morgan fingerprint density at radius 2 is 1.70 bits per heavy atom. The maximum Gasteiger partial charge on any atom is 0.358 e. The minimum atomic E-state index is -0.903. The maximum atomic E-state index is 12.7. The molecule has 1 amide bonds. The quantitative estimate of drug-likeness (QED) is 0.595. The van der Waals surface area contributed by atoms with Crippen LogP contribution in [-0.4, -0.2) is 29.5 Å². The summed E-state index contributed by atoms with van der Waals surface area (Å²) in [6, 6.07) is 18.9. The van der Waals surface area contributed by atoms with E-state index in [1.54, 1.807) is 17.2 Å². The highest BCUT2D eigenvalue weighted by molar-refractivity contribution is 7.13. The van der Waals surface area contributed by atoms with Crippen LogP contribution in [0.3, 0.4) is 0 Å². The molecule has 0 spiro atoms. The van der Waals surface area contributed by atoms with E-state index in [2.05, 4.69) is 4.98 Å². The lowest BCUT2D eigenvalue weighted by molar-refractivity contribution is -0.126. The van der Waals surface area contributed by atoms with Crippen molar-refractivity contribution in [3.8, 4) is 10.6 Å². The molecule has 6 heteroatoms. The Hall–Kier alpha value is -2.99. The first-order chi connectivity index (χ1) is 13.1. The van der Waals surface area contributed by atoms with Crippen LogP contribution in [0.1, 0.15) is 24.3 Å². The van der Waals surface area contributed by atoms with Gasteiger partial charge in [0.05, 0.1) is 0 Å². The number of hydrogen-bond acceptors (Lipinski definition) is 5. The summed E-state index contributed by atoms with van der Waals surface area (Å²) in [5.74, 6) is -0.867. The van der Waals surface area contributed by atoms with Crippen LogP contribution in [0.15, 0.2) is 66.0 Å². The van der Waals surface area contributed by atoms with E-state index in [0.717, 1.165) is 16.3 Å². The summed E-state index contributed by atoms with van der Waals surface area (Å²) in [6.45, 7) is 3.95. The average molecular weight is 380 g/mol. The van der Waals surface area contributed by atoms with Crippen molar-refractivity contribution in [3.05, 3.63) is 71.7 Å². The van der Waals surface area contributed by atoms with Gasteiger partial charge < -0.3 is 9.64 Å². The molecule has 1 unspecified atom stereocenters. The van der Waals surface area contributed by atoms with Gasteiger partial charge in [-0.15, -0.1) is 11.3 Å². The van der Waals surface area contributed by atoms with Gasteiger partial charge >= 0.3 is 5.97 Å². The Morgan fingerprint density at radius 1 is 1.07 bits per heavy atom. The normalized spacial score (nSPS) is 11.6. The molecule has 2 aromatic carbocycles. The second-order valence-corrected chi connectivity index (χ2v) is 6.73. The van der Waals surface area contributed by atoms with E-state index in [4.69, 9.17) is 4.74 Å². The number of nitrogens with zero attached hydrogens (tertiary/aromatic N) is 2. The molecule has 5 nitrogen and oxygen atoms in total. The number of thiazole rings is 1. The summed E-state index contributed by atoms with van der Waals surface area (Å²) in [5.41, 5.74) is 1.92. The Kier molecular flexibility index (Phi) is 5.98. The number of carbonyl (C=O) groups excluding carboxylic acids is 2. The van der Waals surface area contributed by atoms with E-state index in [1.165, 1.54) is 11.3 Å². The number of para-hydroxylation sites is 1. The van der Waals surface area contributed by atoms with Crippen LogP contribution in [0, 0.1) is 0 Å². The first kappa shape index (κ1) is 18.8. The zero-order valence-electron chi connectivity index (χ0n) is 15.2. The van der Waals surface area contributed by atoms with Gasteiger partial charge in [-0.1, -0.05) is 48.5 Å². The van der Waals surface area contributed by atoms with Crippen molar-refractivity contribution in [1.82, 2.24) is 4.98 Å². The molecule has 1 heterocycles. The topological polar surface area (TPSA) is 59.5 Å². The Labute approximate surface area is 162 Å². The summed E-state index contributed by atoms with van der Waals surface area (Å²) in [7, 11) is 0. The second-order valence-electron chi connectivity index (χ2n) is 5.87. The zero-order valence-corrected chi connectivity index (χ0v) is 16.0. The number of aromatic nitrogens is 1. The van der Waals surface area contributed by atoms with Gasteiger partial charge in [0, 0.05) is 23.2 Å². The lowest BCUT2D eigenvalue weighted by Gasteiger charge is -2.24. The first-order valence-corrected chi connectivity index (χ1v) is 9.56. The Bertz CT molecular complexity index is 909. The average Bonchev–Trinajstić information content (AvgIpc) is 3.20. The molecule has 0 radical (unpaired) electrons. The third kappa shape index (κ3) is 4.41. The molecule has 138 valence electrons. The molecule has 3 aromatic rings. The van der Waals surface area contributed by atoms with Gasteiger partial charge in [-0.25, -0.2) is 9.78 Å². The van der Waals surface area contributed by atoms with Crippen LogP contribution >= 0.6 is 11.3 Å². The van der Waals surface area contributed by atoms with Crippen molar-refractivity contribution in [1.29, 1.82) is 0 Å². The van der Waals surface area contributed by atoms with E-state index in [1.807, 2.05) is 67.6 Å². The number of anilines is 1. The largest absolute Gasteiger partial charge is 0.448 e. The summed E-state index contributed by atoms with van der Waals surface area (Å²) < 4.78 is 5.37. The number of esters is 1. The molecule has 0 fully saturated rings. The fourth-order valence-corrected chi connectivity index (χ4v) is 3.44. The number of ether oxygens (including phenoxy) is 1. The summed E-state index contributed by atoms with van der Waals surface area (Å²) in [4.78, 5) is 31.0. The van der Waals surface area contributed by atoms with Crippen LogP contribution in [0.25, 0.3) is 10.6 Å². The maximum absolute atomic E-state index is 12.7. The molecule has 0 bridgehead atoms. The fourth-order valence-electron chi connectivity index (χ4n) is 2.65. The fraction of sp³-hybridized carbons (Fsp3) is 0.190. The monoisotopic (exact) mass is 380 g/mol. The molecule has 0 saturated heterocycles. The Balaban J connectivity index is 1.68. The van der Waals surface area contributed by atoms with Crippen molar-refractivity contribution in [3.63, 3.8) is 0 Å².